The number of aryl methyl sites for hydroxylation is 2. The van der Waals surface area contributed by atoms with Gasteiger partial charge in [0.25, 0.3) is 0 Å². The second kappa shape index (κ2) is 6.32. The molecular formula is C19H18N6. The fourth-order valence-corrected chi connectivity index (χ4v) is 2.94. The Morgan fingerprint density at radius 2 is 1.88 bits per heavy atom. The van der Waals surface area contributed by atoms with Gasteiger partial charge in [0.1, 0.15) is 12.1 Å². The minimum atomic E-state index is 0.648. The Hall–Kier alpha value is -3.28. The van der Waals surface area contributed by atoms with Crippen molar-refractivity contribution < 1.29 is 0 Å². The summed E-state index contributed by atoms with van der Waals surface area (Å²) in [6.45, 7) is 4.81. The third-order valence-electron chi connectivity index (χ3n) is 4.00. The Morgan fingerprint density at radius 1 is 1.04 bits per heavy atom. The molecule has 3 aromatic heterocycles. The highest BCUT2D eigenvalue weighted by Gasteiger charge is 2.11. The van der Waals surface area contributed by atoms with Crippen LogP contribution in [0.1, 0.15) is 16.7 Å². The molecule has 0 aliphatic heterocycles. The van der Waals surface area contributed by atoms with Gasteiger partial charge < -0.3 is 5.32 Å². The molecule has 1 aromatic carbocycles. The summed E-state index contributed by atoms with van der Waals surface area (Å²) in [6, 6.07) is 10.3. The summed E-state index contributed by atoms with van der Waals surface area (Å²) in [6.07, 6.45) is 6.97. The lowest BCUT2D eigenvalue weighted by Gasteiger charge is -2.08. The van der Waals surface area contributed by atoms with E-state index in [4.69, 9.17) is 0 Å². The highest BCUT2D eigenvalue weighted by molar-refractivity contribution is 5.87. The van der Waals surface area contributed by atoms with Gasteiger partial charge in [-0.2, -0.15) is 5.10 Å². The molecule has 6 nitrogen and oxygen atoms in total. The van der Waals surface area contributed by atoms with E-state index in [0.717, 1.165) is 28.1 Å². The van der Waals surface area contributed by atoms with E-state index in [-0.39, 0.29) is 0 Å². The van der Waals surface area contributed by atoms with E-state index in [1.54, 1.807) is 18.7 Å². The van der Waals surface area contributed by atoms with Gasteiger partial charge in [-0.1, -0.05) is 12.1 Å². The van der Waals surface area contributed by atoms with Gasteiger partial charge in [-0.25, -0.2) is 14.6 Å². The largest absolute Gasteiger partial charge is 0.365 e. The van der Waals surface area contributed by atoms with Crippen molar-refractivity contribution in [1.29, 1.82) is 0 Å². The fraction of sp³-hybridized carbons (Fsp3) is 0.158. The first kappa shape index (κ1) is 15.3. The summed E-state index contributed by atoms with van der Waals surface area (Å²) >= 11 is 0. The van der Waals surface area contributed by atoms with Crippen LogP contribution in [0.15, 0.2) is 55.2 Å². The first-order valence-electron chi connectivity index (χ1n) is 8.11. The molecule has 0 saturated carbocycles. The monoisotopic (exact) mass is 330 g/mol. The Labute approximate surface area is 145 Å². The Bertz CT molecular complexity index is 1000. The number of pyridine rings is 1. The van der Waals surface area contributed by atoms with E-state index < -0.39 is 0 Å². The lowest BCUT2D eigenvalue weighted by molar-refractivity contribution is 0.892. The van der Waals surface area contributed by atoms with Crippen LogP contribution in [0.25, 0.3) is 16.7 Å². The second-order valence-electron chi connectivity index (χ2n) is 6.08. The van der Waals surface area contributed by atoms with Gasteiger partial charge in [-0.15, -0.1) is 0 Å². The zero-order valence-corrected chi connectivity index (χ0v) is 14.1. The average molecular weight is 330 g/mol. The SMILES string of the molecule is Cc1cc(C)cc(-n2ncc3c(NCc4cccnc4)ncnc32)c1. The molecule has 4 aromatic rings. The summed E-state index contributed by atoms with van der Waals surface area (Å²) in [5.74, 6) is 0.768. The van der Waals surface area contributed by atoms with Crippen LogP contribution < -0.4 is 5.32 Å². The van der Waals surface area contributed by atoms with Crippen molar-refractivity contribution in [2.45, 2.75) is 20.4 Å². The predicted molar refractivity (Wildman–Crippen MR) is 97.7 cm³/mol. The number of aromatic nitrogens is 5. The Morgan fingerprint density at radius 3 is 2.64 bits per heavy atom. The molecule has 1 N–H and O–H groups in total. The van der Waals surface area contributed by atoms with Crippen LogP contribution in [0.5, 0.6) is 0 Å². The second-order valence-corrected chi connectivity index (χ2v) is 6.08. The maximum atomic E-state index is 4.53. The van der Waals surface area contributed by atoms with Crippen LogP contribution in [0, 0.1) is 13.8 Å². The van der Waals surface area contributed by atoms with Crippen molar-refractivity contribution in [3.63, 3.8) is 0 Å². The number of hydrogen-bond donors (Lipinski definition) is 1. The van der Waals surface area contributed by atoms with Crippen molar-refractivity contribution in [1.82, 2.24) is 24.7 Å². The number of rotatable bonds is 4. The molecule has 0 atom stereocenters. The smallest absolute Gasteiger partial charge is 0.168 e. The fourth-order valence-electron chi connectivity index (χ4n) is 2.94. The molecule has 0 fully saturated rings. The van der Waals surface area contributed by atoms with Gasteiger partial charge >= 0.3 is 0 Å². The van der Waals surface area contributed by atoms with Crippen LogP contribution in [-0.4, -0.2) is 24.7 Å². The van der Waals surface area contributed by atoms with Crippen LogP contribution in [0.2, 0.25) is 0 Å². The number of nitrogens with zero attached hydrogens (tertiary/aromatic N) is 5. The van der Waals surface area contributed by atoms with E-state index in [2.05, 4.69) is 57.4 Å². The third kappa shape index (κ3) is 3.06. The van der Waals surface area contributed by atoms with Gasteiger partial charge in [0.05, 0.1) is 17.3 Å². The van der Waals surface area contributed by atoms with E-state index in [1.807, 2.05) is 23.0 Å². The van der Waals surface area contributed by atoms with Gasteiger partial charge in [0.2, 0.25) is 0 Å². The highest BCUT2D eigenvalue weighted by atomic mass is 15.3. The number of fused-ring (bicyclic) bond motifs is 1. The quantitative estimate of drug-likeness (QED) is 0.621. The van der Waals surface area contributed by atoms with Crippen molar-refractivity contribution in [2.24, 2.45) is 0 Å². The lowest BCUT2D eigenvalue weighted by Crippen LogP contribution is -2.03. The summed E-state index contributed by atoms with van der Waals surface area (Å²) < 4.78 is 1.85. The molecule has 0 saturated heterocycles. The first-order chi connectivity index (χ1) is 12.2. The van der Waals surface area contributed by atoms with E-state index in [0.29, 0.717) is 6.54 Å². The van der Waals surface area contributed by atoms with Gasteiger partial charge in [-0.3, -0.25) is 4.98 Å². The van der Waals surface area contributed by atoms with Crippen LogP contribution in [0.4, 0.5) is 5.82 Å². The van der Waals surface area contributed by atoms with Gasteiger partial charge in [0.15, 0.2) is 5.65 Å². The summed E-state index contributed by atoms with van der Waals surface area (Å²) in [5.41, 5.74) is 5.28. The van der Waals surface area contributed by atoms with E-state index >= 15 is 0 Å². The maximum absolute atomic E-state index is 4.53. The summed E-state index contributed by atoms with van der Waals surface area (Å²) in [4.78, 5) is 12.9. The Kier molecular flexibility index (Phi) is 3.85. The molecular weight excluding hydrogens is 312 g/mol. The zero-order valence-electron chi connectivity index (χ0n) is 14.1. The van der Waals surface area contributed by atoms with Crippen LogP contribution in [0.3, 0.4) is 0 Å². The standard InChI is InChI=1S/C19H18N6/c1-13-6-14(2)8-16(7-13)25-19-17(11-24-25)18(22-12-23-19)21-10-15-4-3-5-20-9-15/h3-9,11-12H,10H2,1-2H3,(H,21,22,23). The molecule has 0 amide bonds. The lowest BCUT2D eigenvalue weighted by atomic mass is 10.1. The molecule has 0 aliphatic rings. The molecule has 4 rings (SSSR count). The molecule has 0 bridgehead atoms. The first-order valence-corrected chi connectivity index (χ1v) is 8.11. The minimum absolute atomic E-state index is 0.648. The normalized spacial score (nSPS) is 11.0. The topological polar surface area (TPSA) is 68.5 Å². The molecule has 0 aliphatic carbocycles. The summed E-state index contributed by atoms with van der Waals surface area (Å²) in [7, 11) is 0. The predicted octanol–water partition coefficient (Wildman–Crippen LogP) is 3.44. The average Bonchev–Trinajstić information content (AvgIpc) is 3.05. The van der Waals surface area contributed by atoms with Gasteiger partial charge in [-0.05, 0) is 48.7 Å². The van der Waals surface area contributed by atoms with Gasteiger partial charge in [0, 0.05) is 18.9 Å². The van der Waals surface area contributed by atoms with Crippen molar-refractivity contribution >= 4 is 16.9 Å². The minimum Gasteiger partial charge on any atom is -0.365 e. The van der Waals surface area contributed by atoms with E-state index in [1.165, 1.54) is 11.1 Å². The molecule has 0 unspecified atom stereocenters. The van der Waals surface area contributed by atoms with E-state index in [9.17, 15) is 0 Å². The van der Waals surface area contributed by atoms with Crippen molar-refractivity contribution in [3.05, 3.63) is 71.9 Å². The number of benzene rings is 1. The molecule has 3 heterocycles. The summed E-state index contributed by atoms with van der Waals surface area (Å²) in [5, 5.41) is 8.77. The highest BCUT2D eigenvalue weighted by Crippen LogP contribution is 2.23. The van der Waals surface area contributed by atoms with Crippen LogP contribution in [-0.2, 0) is 6.54 Å². The van der Waals surface area contributed by atoms with Crippen LogP contribution >= 0.6 is 0 Å². The molecule has 0 spiro atoms. The number of anilines is 1. The Balaban J connectivity index is 1.70. The molecule has 0 radical (unpaired) electrons. The van der Waals surface area contributed by atoms with Crippen molar-refractivity contribution in [3.8, 4) is 5.69 Å². The zero-order chi connectivity index (χ0) is 17.2. The maximum Gasteiger partial charge on any atom is 0.168 e. The molecule has 25 heavy (non-hydrogen) atoms. The number of hydrogen-bond acceptors (Lipinski definition) is 5. The molecule has 124 valence electrons. The third-order valence-corrected chi connectivity index (χ3v) is 4.00. The molecule has 6 heteroatoms. The van der Waals surface area contributed by atoms with Crippen molar-refractivity contribution in [2.75, 3.05) is 5.32 Å². The number of nitrogens with one attached hydrogen (secondary N) is 1.